The van der Waals surface area contributed by atoms with Crippen LogP contribution in [0.25, 0.3) is 0 Å². The number of thiol groups is 1. The number of carbonyl (C=O) groups excluding carboxylic acids is 1. The molecule has 0 rings (SSSR count). The largest absolute Gasteiger partial charge is 0.450 e. The highest BCUT2D eigenvalue weighted by atomic mass is 32.1. The summed E-state index contributed by atoms with van der Waals surface area (Å²) in [5, 5.41) is 8.24. The van der Waals surface area contributed by atoms with Gasteiger partial charge in [0.25, 0.3) is 0 Å². The van der Waals surface area contributed by atoms with Gasteiger partial charge in [-0.2, -0.15) is 0 Å². The quantitative estimate of drug-likeness (QED) is 0.363. The van der Waals surface area contributed by atoms with E-state index in [1.807, 2.05) is 6.92 Å². The van der Waals surface area contributed by atoms with Gasteiger partial charge in [-0.1, -0.05) is 13.3 Å². The van der Waals surface area contributed by atoms with Crippen molar-refractivity contribution in [2.45, 2.75) is 25.2 Å². The summed E-state index contributed by atoms with van der Waals surface area (Å²) in [6, 6.07) is 0. The molecule has 0 aliphatic heterocycles. The summed E-state index contributed by atoms with van der Waals surface area (Å²) >= 11 is 3.95. The fourth-order valence-electron chi connectivity index (χ4n) is 0.495. The van der Waals surface area contributed by atoms with E-state index in [1.54, 1.807) is 0 Å². The Morgan fingerprint density at radius 1 is 1.80 bits per heavy atom. The molecule has 0 amide bonds. The first-order chi connectivity index (χ1) is 4.70. The van der Waals surface area contributed by atoms with Crippen molar-refractivity contribution >= 4 is 18.6 Å². The zero-order valence-corrected chi connectivity index (χ0v) is 6.80. The van der Waals surface area contributed by atoms with E-state index in [0.29, 0.717) is 0 Å². The second kappa shape index (κ2) is 5.56. The van der Waals surface area contributed by atoms with Crippen LogP contribution >= 0.6 is 12.6 Å². The molecule has 3 nitrogen and oxygen atoms in total. The average molecular weight is 164 g/mol. The van der Waals surface area contributed by atoms with Crippen molar-refractivity contribution in [2.75, 3.05) is 6.61 Å². The third kappa shape index (κ3) is 4.64. The molecule has 0 saturated carbocycles. The summed E-state index contributed by atoms with van der Waals surface area (Å²) in [6.45, 7) is 1.40. The van der Waals surface area contributed by atoms with Crippen LogP contribution in [0.3, 0.4) is 0 Å². The molecule has 0 fully saturated rings. The van der Waals surface area contributed by atoms with Gasteiger partial charge in [-0.05, 0) is 6.42 Å². The molecule has 0 aliphatic carbocycles. The number of hydrogen-bond acceptors (Lipinski definition) is 4. The summed E-state index contributed by atoms with van der Waals surface area (Å²) in [5.41, 5.74) is -0.371. The minimum Gasteiger partial charge on any atom is -0.450 e. The van der Waals surface area contributed by atoms with Crippen LogP contribution in [-0.2, 0) is 9.53 Å². The summed E-state index contributed by atoms with van der Waals surface area (Å²) in [5.74, 6) is -0.617. The molecular weight excluding hydrogens is 152 g/mol. The standard InChI is InChI=1S/C6H12O3S/c1-2-3-6(10)9-5(8)4-7/h6-7,10H,2-4H2,1H3. The van der Waals surface area contributed by atoms with E-state index >= 15 is 0 Å². The van der Waals surface area contributed by atoms with E-state index in [2.05, 4.69) is 17.4 Å². The van der Waals surface area contributed by atoms with Gasteiger partial charge in [0.15, 0.2) is 0 Å². The Bertz CT molecular complexity index is 105. The fourth-order valence-corrected chi connectivity index (χ4v) is 0.871. The van der Waals surface area contributed by atoms with Gasteiger partial charge in [0, 0.05) is 0 Å². The molecule has 0 radical (unpaired) electrons. The van der Waals surface area contributed by atoms with Gasteiger partial charge in [-0.25, -0.2) is 4.79 Å². The SMILES string of the molecule is CCCC(S)OC(=O)CO. The number of esters is 1. The molecule has 4 heteroatoms. The molecule has 1 N–H and O–H groups in total. The zero-order chi connectivity index (χ0) is 7.98. The van der Waals surface area contributed by atoms with Gasteiger partial charge in [-0.15, -0.1) is 12.6 Å². The summed E-state index contributed by atoms with van der Waals surface area (Å²) < 4.78 is 4.62. The Morgan fingerprint density at radius 2 is 2.40 bits per heavy atom. The number of aliphatic hydroxyl groups excluding tert-OH is 1. The zero-order valence-electron chi connectivity index (χ0n) is 5.91. The average Bonchev–Trinajstić information content (AvgIpc) is 1.88. The van der Waals surface area contributed by atoms with Crippen molar-refractivity contribution in [3.8, 4) is 0 Å². The molecule has 1 atom stereocenters. The van der Waals surface area contributed by atoms with Crippen molar-refractivity contribution in [1.29, 1.82) is 0 Å². The Hall–Kier alpha value is -0.220. The maximum absolute atomic E-state index is 10.4. The predicted octanol–water partition coefficient (Wildman–Crippen LogP) is 0.578. The van der Waals surface area contributed by atoms with E-state index in [4.69, 9.17) is 5.11 Å². The molecule has 1 unspecified atom stereocenters. The minimum absolute atomic E-state index is 0.371. The Labute approximate surface area is 65.8 Å². The molecule has 0 aliphatic rings. The molecule has 0 bridgehead atoms. The van der Waals surface area contributed by atoms with Crippen LogP contribution < -0.4 is 0 Å². The van der Waals surface area contributed by atoms with Crippen LogP contribution in [0, 0.1) is 0 Å². The monoisotopic (exact) mass is 164 g/mol. The third-order valence-electron chi connectivity index (χ3n) is 0.932. The Kier molecular flexibility index (Phi) is 5.43. The molecule has 0 spiro atoms. The summed E-state index contributed by atoms with van der Waals surface area (Å²) in [7, 11) is 0. The van der Waals surface area contributed by atoms with Gasteiger partial charge in [0.2, 0.25) is 0 Å². The van der Waals surface area contributed by atoms with Crippen molar-refractivity contribution in [1.82, 2.24) is 0 Å². The first-order valence-corrected chi connectivity index (χ1v) is 3.70. The molecular formula is C6H12O3S. The highest BCUT2D eigenvalue weighted by Crippen LogP contribution is 2.05. The Morgan fingerprint density at radius 3 is 2.80 bits per heavy atom. The van der Waals surface area contributed by atoms with E-state index in [9.17, 15) is 4.79 Å². The summed E-state index contributed by atoms with van der Waals surface area (Å²) in [4.78, 5) is 10.4. The lowest BCUT2D eigenvalue weighted by molar-refractivity contribution is -0.148. The second-order valence-electron chi connectivity index (χ2n) is 1.89. The fraction of sp³-hybridized carbons (Fsp3) is 0.833. The lowest BCUT2D eigenvalue weighted by Crippen LogP contribution is -2.15. The van der Waals surface area contributed by atoms with Gasteiger partial charge < -0.3 is 9.84 Å². The van der Waals surface area contributed by atoms with Crippen molar-refractivity contribution in [3.63, 3.8) is 0 Å². The first-order valence-electron chi connectivity index (χ1n) is 3.19. The van der Waals surface area contributed by atoms with E-state index in [1.165, 1.54) is 0 Å². The molecule has 0 aromatic heterocycles. The molecule has 0 aromatic carbocycles. The van der Waals surface area contributed by atoms with Crippen molar-refractivity contribution in [2.24, 2.45) is 0 Å². The van der Waals surface area contributed by atoms with Crippen LogP contribution in [0.1, 0.15) is 19.8 Å². The molecule has 0 aromatic rings. The lowest BCUT2D eigenvalue weighted by Gasteiger charge is -2.08. The molecule has 60 valence electrons. The lowest BCUT2D eigenvalue weighted by atomic mass is 10.4. The number of rotatable bonds is 4. The first kappa shape index (κ1) is 9.78. The number of ether oxygens (including phenoxy) is 1. The Balaban J connectivity index is 3.37. The van der Waals surface area contributed by atoms with Gasteiger partial charge in [0.05, 0.1) is 0 Å². The van der Waals surface area contributed by atoms with E-state index in [0.717, 1.165) is 12.8 Å². The normalized spacial score (nSPS) is 12.7. The number of carbonyl (C=O) groups is 1. The molecule has 0 saturated heterocycles. The highest BCUT2D eigenvalue weighted by Gasteiger charge is 2.06. The molecule has 10 heavy (non-hydrogen) atoms. The van der Waals surface area contributed by atoms with Crippen LogP contribution in [0.4, 0.5) is 0 Å². The minimum atomic E-state index is -0.617. The van der Waals surface area contributed by atoms with E-state index in [-0.39, 0.29) is 5.44 Å². The maximum atomic E-state index is 10.4. The van der Waals surface area contributed by atoms with Crippen molar-refractivity contribution < 1.29 is 14.6 Å². The van der Waals surface area contributed by atoms with Crippen molar-refractivity contribution in [3.05, 3.63) is 0 Å². The topological polar surface area (TPSA) is 46.5 Å². The van der Waals surface area contributed by atoms with Gasteiger partial charge in [0.1, 0.15) is 12.0 Å². The summed E-state index contributed by atoms with van der Waals surface area (Å²) in [6.07, 6.45) is 1.63. The van der Waals surface area contributed by atoms with E-state index < -0.39 is 12.6 Å². The van der Waals surface area contributed by atoms with Gasteiger partial charge >= 0.3 is 5.97 Å². The van der Waals surface area contributed by atoms with Crippen LogP contribution in [0.2, 0.25) is 0 Å². The van der Waals surface area contributed by atoms with Crippen LogP contribution in [0.15, 0.2) is 0 Å². The molecule has 0 heterocycles. The second-order valence-corrected chi connectivity index (χ2v) is 2.47. The number of hydrogen-bond donors (Lipinski definition) is 2. The van der Waals surface area contributed by atoms with Crippen LogP contribution in [0.5, 0.6) is 0 Å². The third-order valence-corrected chi connectivity index (χ3v) is 1.30. The van der Waals surface area contributed by atoms with Crippen LogP contribution in [-0.4, -0.2) is 23.1 Å². The maximum Gasteiger partial charge on any atom is 0.332 e. The highest BCUT2D eigenvalue weighted by molar-refractivity contribution is 7.80. The number of aliphatic hydroxyl groups is 1. The smallest absolute Gasteiger partial charge is 0.332 e. The van der Waals surface area contributed by atoms with Gasteiger partial charge in [-0.3, -0.25) is 0 Å². The predicted molar refractivity (Wildman–Crippen MR) is 40.9 cm³/mol.